The van der Waals surface area contributed by atoms with Crippen LogP contribution in [0, 0.1) is 0 Å². The van der Waals surface area contributed by atoms with Crippen LogP contribution in [0.25, 0.3) is 10.2 Å². The number of benzene rings is 1. The summed E-state index contributed by atoms with van der Waals surface area (Å²) in [7, 11) is 0. The fraction of sp³-hybridized carbons (Fsp3) is 0.579. The van der Waals surface area contributed by atoms with Crippen molar-refractivity contribution in [3.8, 4) is 0 Å². The SMILES string of the molecule is O=C(CCc1nc2ccccc2s1)N1CCC[C@@H](N2CCCC2)C1. The van der Waals surface area contributed by atoms with E-state index in [9.17, 15) is 4.79 Å². The van der Waals surface area contributed by atoms with E-state index in [4.69, 9.17) is 0 Å². The highest BCUT2D eigenvalue weighted by Crippen LogP contribution is 2.24. The lowest BCUT2D eigenvalue weighted by Crippen LogP contribution is -2.49. The molecule has 2 aliphatic rings. The van der Waals surface area contributed by atoms with Crippen LogP contribution in [0.5, 0.6) is 0 Å². The number of para-hydroxylation sites is 1. The first-order chi connectivity index (χ1) is 11.8. The van der Waals surface area contributed by atoms with Gasteiger partial charge in [0.15, 0.2) is 0 Å². The minimum absolute atomic E-state index is 0.304. The van der Waals surface area contributed by atoms with Gasteiger partial charge in [0.05, 0.1) is 15.2 Å². The topological polar surface area (TPSA) is 36.4 Å². The van der Waals surface area contributed by atoms with Gasteiger partial charge in [-0.15, -0.1) is 11.3 Å². The quantitative estimate of drug-likeness (QED) is 0.854. The van der Waals surface area contributed by atoms with E-state index in [1.807, 2.05) is 18.2 Å². The molecule has 1 aromatic heterocycles. The van der Waals surface area contributed by atoms with Crippen molar-refractivity contribution in [2.45, 2.75) is 44.6 Å². The summed E-state index contributed by atoms with van der Waals surface area (Å²) in [4.78, 5) is 22.0. The Labute approximate surface area is 147 Å². The number of aryl methyl sites for hydroxylation is 1. The summed E-state index contributed by atoms with van der Waals surface area (Å²) in [5.41, 5.74) is 1.05. The number of hydrogen-bond acceptors (Lipinski definition) is 4. The normalized spacial score (nSPS) is 22.3. The summed E-state index contributed by atoms with van der Waals surface area (Å²) in [6.07, 6.45) is 6.40. The van der Waals surface area contributed by atoms with Crippen molar-refractivity contribution >= 4 is 27.5 Å². The zero-order valence-electron chi connectivity index (χ0n) is 14.1. The van der Waals surface area contributed by atoms with Crippen LogP contribution in [0.4, 0.5) is 0 Å². The smallest absolute Gasteiger partial charge is 0.223 e. The van der Waals surface area contributed by atoms with E-state index in [-0.39, 0.29) is 0 Å². The van der Waals surface area contributed by atoms with E-state index in [1.54, 1.807) is 11.3 Å². The molecule has 5 heteroatoms. The number of fused-ring (bicyclic) bond motifs is 1. The van der Waals surface area contributed by atoms with E-state index in [1.165, 1.54) is 37.1 Å². The van der Waals surface area contributed by atoms with Crippen LogP contribution in [-0.2, 0) is 11.2 Å². The molecule has 0 N–H and O–H groups in total. The van der Waals surface area contributed by atoms with Gasteiger partial charge in [0.2, 0.25) is 5.91 Å². The second-order valence-electron chi connectivity index (χ2n) is 6.95. The van der Waals surface area contributed by atoms with Crippen LogP contribution in [0.3, 0.4) is 0 Å². The van der Waals surface area contributed by atoms with Gasteiger partial charge in [-0.1, -0.05) is 12.1 Å². The van der Waals surface area contributed by atoms with Gasteiger partial charge >= 0.3 is 0 Å². The summed E-state index contributed by atoms with van der Waals surface area (Å²) in [5, 5.41) is 1.08. The first kappa shape index (κ1) is 16.0. The van der Waals surface area contributed by atoms with E-state index in [0.717, 1.165) is 36.5 Å². The molecule has 2 saturated heterocycles. The standard InChI is InChI=1S/C19H25N3OS/c23-19(10-9-18-20-16-7-1-2-8-17(16)24-18)22-13-5-6-15(14-22)21-11-3-4-12-21/h1-2,7-8,15H,3-6,9-14H2/t15-/m1/s1. The van der Waals surface area contributed by atoms with Crippen LogP contribution in [0.1, 0.15) is 37.1 Å². The largest absolute Gasteiger partial charge is 0.341 e. The Morgan fingerprint density at radius 1 is 1.17 bits per heavy atom. The van der Waals surface area contributed by atoms with Gasteiger partial charge in [0.1, 0.15) is 0 Å². The fourth-order valence-corrected chi connectivity index (χ4v) is 4.95. The molecule has 0 aliphatic carbocycles. The molecule has 0 bridgehead atoms. The Kier molecular flexibility index (Phi) is 4.81. The first-order valence-corrected chi connectivity index (χ1v) is 9.97. The van der Waals surface area contributed by atoms with Crippen molar-refractivity contribution in [2.24, 2.45) is 0 Å². The van der Waals surface area contributed by atoms with Crippen LogP contribution < -0.4 is 0 Å². The molecule has 2 fully saturated rings. The monoisotopic (exact) mass is 343 g/mol. The third-order valence-corrected chi connectivity index (χ3v) is 6.39. The highest BCUT2D eigenvalue weighted by atomic mass is 32.1. The molecule has 128 valence electrons. The fourth-order valence-electron chi connectivity index (χ4n) is 3.98. The second-order valence-corrected chi connectivity index (χ2v) is 8.07. The van der Waals surface area contributed by atoms with E-state index >= 15 is 0 Å². The number of rotatable bonds is 4. The van der Waals surface area contributed by atoms with Crippen LogP contribution in [0.15, 0.2) is 24.3 Å². The van der Waals surface area contributed by atoms with E-state index in [0.29, 0.717) is 18.4 Å². The number of likely N-dealkylation sites (tertiary alicyclic amines) is 2. The van der Waals surface area contributed by atoms with Crippen molar-refractivity contribution < 1.29 is 4.79 Å². The average molecular weight is 343 g/mol. The van der Waals surface area contributed by atoms with Crippen molar-refractivity contribution in [1.29, 1.82) is 0 Å². The molecule has 0 radical (unpaired) electrons. The third-order valence-electron chi connectivity index (χ3n) is 5.30. The summed E-state index contributed by atoms with van der Waals surface area (Å²) < 4.78 is 1.21. The number of carbonyl (C=O) groups excluding carboxylic acids is 1. The molecular weight excluding hydrogens is 318 g/mol. The maximum atomic E-state index is 12.6. The summed E-state index contributed by atoms with van der Waals surface area (Å²) in [6.45, 7) is 4.30. The maximum absolute atomic E-state index is 12.6. The highest BCUT2D eigenvalue weighted by Gasteiger charge is 2.29. The Morgan fingerprint density at radius 3 is 2.83 bits per heavy atom. The molecule has 24 heavy (non-hydrogen) atoms. The molecule has 4 rings (SSSR count). The zero-order chi connectivity index (χ0) is 16.4. The van der Waals surface area contributed by atoms with Gasteiger partial charge in [-0.25, -0.2) is 4.98 Å². The Balaban J connectivity index is 1.33. The van der Waals surface area contributed by atoms with Crippen molar-refractivity contribution in [3.63, 3.8) is 0 Å². The van der Waals surface area contributed by atoms with Gasteiger partial charge in [-0.05, 0) is 50.9 Å². The van der Waals surface area contributed by atoms with Gasteiger partial charge in [0.25, 0.3) is 0 Å². The number of amides is 1. The van der Waals surface area contributed by atoms with Crippen molar-refractivity contribution in [2.75, 3.05) is 26.2 Å². The third kappa shape index (κ3) is 3.47. The average Bonchev–Trinajstić information content (AvgIpc) is 3.29. The number of nitrogens with zero attached hydrogens (tertiary/aromatic N) is 3. The Hall–Kier alpha value is -1.46. The molecule has 0 saturated carbocycles. The molecule has 1 amide bonds. The Bertz CT molecular complexity index is 674. The van der Waals surface area contributed by atoms with Gasteiger partial charge in [-0.2, -0.15) is 0 Å². The number of hydrogen-bond donors (Lipinski definition) is 0. The van der Waals surface area contributed by atoms with Crippen molar-refractivity contribution in [1.82, 2.24) is 14.8 Å². The minimum Gasteiger partial charge on any atom is -0.341 e. The van der Waals surface area contributed by atoms with Crippen LogP contribution in [0.2, 0.25) is 0 Å². The molecule has 0 spiro atoms. The maximum Gasteiger partial charge on any atom is 0.223 e. The molecule has 2 aromatic rings. The summed E-state index contributed by atoms with van der Waals surface area (Å²) in [5.74, 6) is 0.304. The molecule has 1 atom stereocenters. The number of thiazole rings is 1. The molecule has 2 aliphatic heterocycles. The van der Waals surface area contributed by atoms with Gasteiger partial charge in [0, 0.05) is 32.0 Å². The Morgan fingerprint density at radius 2 is 2.00 bits per heavy atom. The number of carbonyl (C=O) groups is 1. The molecule has 1 aromatic carbocycles. The minimum atomic E-state index is 0.304. The lowest BCUT2D eigenvalue weighted by molar-refractivity contribution is -0.133. The lowest BCUT2D eigenvalue weighted by Gasteiger charge is -2.37. The number of piperidine rings is 1. The molecule has 3 heterocycles. The molecular formula is C19H25N3OS. The van der Waals surface area contributed by atoms with E-state index in [2.05, 4.69) is 20.9 Å². The number of aromatic nitrogens is 1. The lowest BCUT2D eigenvalue weighted by atomic mass is 10.0. The summed E-state index contributed by atoms with van der Waals surface area (Å²) in [6, 6.07) is 8.80. The predicted octanol–water partition coefficient (Wildman–Crippen LogP) is 3.32. The second kappa shape index (κ2) is 7.19. The van der Waals surface area contributed by atoms with Crippen LogP contribution >= 0.6 is 11.3 Å². The zero-order valence-corrected chi connectivity index (χ0v) is 14.9. The van der Waals surface area contributed by atoms with Crippen molar-refractivity contribution in [3.05, 3.63) is 29.3 Å². The highest BCUT2D eigenvalue weighted by molar-refractivity contribution is 7.18. The predicted molar refractivity (Wildman–Crippen MR) is 98.4 cm³/mol. The first-order valence-electron chi connectivity index (χ1n) is 9.16. The molecule has 4 nitrogen and oxygen atoms in total. The van der Waals surface area contributed by atoms with E-state index < -0.39 is 0 Å². The summed E-state index contributed by atoms with van der Waals surface area (Å²) >= 11 is 1.72. The van der Waals surface area contributed by atoms with Crippen LogP contribution in [-0.4, -0.2) is 52.9 Å². The molecule has 0 unspecified atom stereocenters. The van der Waals surface area contributed by atoms with Gasteiger partial charge < -0.3 is 4.90 Å². The van der Waals surface area contributed by atoms with Gasteiger partial charge in [-0.3, -0.25) is 9.69 Å².